The Kier molecular flexibility index (Phi) is 3.24. The Hall–Kier alpha value is -1.68. The van der Waals surface area contributed by atoms with Gasteiger partial charge in [-0.25, -0.2) is 4.68 Å². The van der Waals surface area contributed by atoms with E-state index in [1.807, 2.05) is 42.9 Å². The lowest BCUT2D eigenvalue weighted by molar-refractivity contribution is 0.673. The summed E-state index contributed by atoms with van der Waals surface area (Å²) in [5, 5.41) is 4.42. The molecule has 2 N–H and O–H groups in total. The molecule has 0 saturated heterocycles. The molecule has 90 valence electrons. The maximum Gasteiger partial charge on any atom is 0.0832 e. The maximum absolute atomic E-state index is 5.93. The van der Waals surface area contributed by atoms with Crippen molar-refractivity contribution >= 4 is 0 Å². The molecular weight excluding hydrogens is 212 g/mol. The molecule has 1 atom stereocenters. The average molecular weight is 230 g/mol. The van der Waals surface area contributed by atoms with E-state index in [0.29, 0.717) is 0 Å². The minimum absolute atomic E-state index is 0.0181. The van der Waals surface area contributed by atoms with Gasteiger partial charge in [0, 0.05) is 11.7 Å². The highest BCUT2D eigenvalue weighted by atomic mass is 15.3. The van der Waals surface area contributed by atoms with E-state index in [2.05, 4.69) is 17.0 Å². The van der Waals surface area contributed by atoms with Gasteiger partial charge in [-0.1, -0.05) is 6.92 Å². The smallest absolute Gasteiger partial charge is 0.0832 e. The van der Waals surface area contributed by atoms with Gasteiger partial charge < -0.3 is 5.73 Å². The molecule has 0 unspecified atom stereocenters. The zero-order chi connectivity index (χ0) is 12.4. The predicted octanol–water partition coefficient (Wildman–Crippen LogP) is 2.29. The lowest BCUT2D eigenvalue weighted by Crippen LogP contribution is -2.11. The van der Waals surface area contributed by atoms with Crippen LogP contribution in [0.15, 0.2) is 24.4 Å². The van der Waals surface area contributed by atoms with Gasteiger partial charge in [0.15, 0.2) is 0 Å². The van der Waals surface area contributed by atoms with Crippen LogP contribution >= 0.6 is 0 Å². The van der Waals surface area contributed by atoms with Crippen LogP contribution < -0.4 is 5.73 Å². The van der Waals surface area contributed by atoms with Gasteiger partial charge in [0.1, 0.15) is 0 Å². The Morgan fingerprint density at radius 1 is 1.35 bits per heavy atom. The molecule has 17 heavy (non-hydrogen) atoms. The maximum atomic E-state index is 5.93. The van der Waals surface area contributed by atoms with Crippen LogP contribution in [0, 0.1) is 13.8 Å². The average Bonchev–Trinajstić information content (AvgIpc) is 2.68. The fraction of sp³-hybridized carbons (Fsp3) is 0.385. The lowest BCUT2D eigenvalue weighted by atomic mass is 10.1. The molecule has 0 aliphatic heterocycles. The fourth-order valence-electron chi connectivity index (χ4n) is 1.84. The third-order valence-corrected chi connectivity index (χ3v) is 2.84. The number of rotatable bonds is 3. The van der Waals surface area contributed by atoms with Gasteiger partial charge in [-0.2, -0.15) is 5.10 Å². The van der Waals surface area contributed by atoms with Crippen molar-refractivity contribution in [1.29, 1.82) is 0 Å². The Balaban J connectivity index is 2.32. The first-order valence-electron chi connectivity index (χ1n) is 5.87. The van der Waals surface area contributed by atoms with E-state index < -0.39 is 0 Å². The Morgan fingerprint density at radius 2 is 2.12 bits per heavy atom. The SMILES string of the molecule is CC[C@@H](N)c1ccc(-n2nc(C)cc2C)cn1. The minimum Gasteiger partial charge on any atom is -0.323 e. The molecule has 0 aliphatic carbocycles. The summed E-state index contributed by atoms with van der Waals surface area (Å²) in [5.41, 5.74) is 9.95. The second-order valence-electron chi connectivity index (χ2n) is 4.29. The second kappa shape index (κ2) is 4.67. The zero-order valence-corrected chi connectivity index (χ0v) is 10.5. The van der Waals surface area contributed by atoms with Crippen molar-refractivity contribution in [2.24, 2.45) is 5.73 Å². The predicted molar refractivity (Wildman–Crippen MR) is 68.1 cm³/mol. The van der Waals surface area contributed by atoms with Gasteiger partial charge in [-0.15, -0.1) is 0 Å². The normalized spacial score (nSPS) is 12.7. The van der Waals surface area contributed by atoms with Crippen molar-refractivity contribution in [3.8, 4) is 5.69 Å². The highest BCUT2D eigenvalue weighted by Crippen LogP contribution is 2.15. The summed E-state index contributed by atoms with van der Waals surface area (Å²) in [6, 6.07) is 6.05. The van der Waals surface area contributed by atoms with Crippen LogP contribution in [0.4, 0.5) is 0 Å². The first-order chi connectivity index (χ1) is 8.11. The molecule has 0 amide bonds. The molecular formula is C13H18N4. The van der Waals surface area contributed by atoms with Crippen LogP contribution in [0.1, 0.15) is 36.5 Å². The van der Waals surface area contributed by atoms with Crippen LogP contribution in [-0.2, 0) is 0 Å². The number of aryl methyl sites for hydroxylation is 2. The summed E-state index contributed by atoms with van der Waals surface area (Å²) in [6.07, 6.45) is 2.72. The number of nitrogens with two attached hydrogens (primary N) is 1. The van der Waals surface area contributed by atoms with Crippen molar-refractivity contribution in [1.82, 2.24) is 14.8 Å². The van der Waals surface area contributed by atoms with Crippen molar-refractivity contribution in [2.75, 3.05) is 0 Å². The number of hydrogen-bond donors (Lipinski definition) is 1. The molecule has 0 radical (unpaired) electrons. The number of nitrogens with zero attached hydrogens (tertiary/aromatic N) is 3. The third-order valence-electron chi connectivity index (χ3n) is 2.84. The molecule has 4 nitrogen and oxygen atoms in total. The van der Waals surface area contributed by atoms with Crippen LogP contribution in [0.25, 0.3) is 5.69 Å². The summed E-state index contributed by atoms with van der Waals surface area (Å²) in [7, 11) is 0. The molecule has 2 aromatic rings. The largest absolute Gasteiger partial charge is 0.323 e. The van der Waals surface area contributed by atoms with E-state index in [0.717, 1.165) is 29.2 Å². The van der Waals surface area contributed by atoms with Crippen LogP contribution in [0.5, 0.6) is 0 Å². The monoisotopic (exact) mass is 230 g/mol. The first kappa shape index (κ1) is 11.8. The van der Waals surface area contributed by atoms with Crippen LogP contribution in [0.2, 0.25) is 0 Å². The Morgan fingerprint density at radius 3 is 2.59 bits per heavy atom. The third kappa shape index (κ3) is 2.36. The first-order valence-corrected chi connectivity index (χ1v) is 5.87. The molecule has 0 spiro atoms. The minimum atomic E-state index is 0.0181. The second-order valence-corrected chi connectivity index (χ2v) is 4.29. The fourth-order valence-corrected chi connectivity index (χ4v) is 1.84. The van der Waals surface area contributed by atoms with Gasteiger partial charge >= 0.3 is 0 Å². The molecule has 0 bridgehead atoms. The molecule has 2 heterocycles. The summed E-state index contributed by atoms with van der Waals surface area (Å²) in [5.74, 6) is 0. The quantitative estimate of drug-likeness (QED) is 0.880. The topological polar surface area (TPSA) is 56.7 Å². The van der Waals surface area contributed by atoms with Crippen molar-refractivity contribution in [2.45, 2.75) is 33.2 Å². The summed E-state index contributed by atoms with van der Waals surface area (Å²) in [6.45, 7) is 6.07. The van der Waals surface area contributed by atoms with Crippen LogP contribution in [0.3, 0.4) is 0 Å². The molecule has 0 fully saturated rings. The zero-order valence-electron chi connectivity index (χ0n) is 10.5. The summed E-state index contributed by atoms with van der Waals surface area (Å²) in [4.78, 5) is 4.39. The van der Waals surface area contributed by atoms with Crippen molar-refractivity contribution in [3.63, 3.8) is 0 Å². The van der Waals surface area contributed by atoms with E-state index in [1.54, 1.807) is 0 Å². The van der Waals surface area contributed by atoms with Gasteiger partial charge in [0.25, 0.3) is 0 Å². The highest BCUT2D eigenvalue weighted by Gasteiger charge is 2.07. The van der Waals surface area contributed by atoms with Crippen molar-refractivity contribution in [3.05, 3.63) is 41.5 Å². The van der Waals surface area contributed by atoms with E-state index in [9.17, 15) is 0 Å². The molecule has 0 aliphatic rings. The Labute approximate surface area is 101 Å². The Bertz CT molecular complexity index is 499. The van der Waals surface area contributed by atoms with E-state index in [1.165, 1.54) is 0 Å². The van der Waals surface area contributed by atoms with Gasteiger partial charge in [-0.3, -0.25) is 4.98 Å². The highest BCUT2D eigenvalue weighted by molar-refractivity contribution is 5.32. The van der Waals surface area contributed by atoms with Gasteiger partial charge in [0.05, 0.1) is 23.3 Å². The van der Waals surface area contributed by atoms with E-state index in [-0.39, 0.29) is 6.04 Å². The van der Waals surface area contributed by atoms with E-state index in [4.69, 9.17) is 5.73 Å². The lowest BCUT2D eigenvalue weighted by Gasteiger charge is -2.09. The molecule has 0 saturated carbocycles. The number of hydrogen-bond acceptors (Lipinski definition) is 3. The standard InChI is InChI=1S/C13H18N4/c1-4-12(14)13-6-5-11(8-15-13)17-10(3)7-9(2)16-17/h5-8,12H,4,14H2,1-3H3/t12-/m1/s1. The van der Waals surface area contributed by atoms with Gasteiger partial charge in [-0.05, 0) is 38.5 Å². The molecule has 2 rings (SSSR count). The van der Waals surface area contributed by atoms with Gasteiger partial charge in [0.2, 0.25) is 0 Å². The molecule has 2 aromatic heterocycles. The number of aromatic nitrogens is 3. The van der Waals surface area contributed by atoms with E-state index >= 15 is 0 Å². The number of pyridine rings is 1. The van der Waals surface area contributed by atoms with Crippen molar-refractivity contribution < 1.29 is 0 Å². The molecule has 4 heteroatoms. The summed E-state index contributed by atoms with van der Waals surface area (Å²) >= 11 is 0. The summed E-state index contributed by atoms with van der Waals surface area (Å²) < 4.78 is 1.89. The van der Waals surface area contributed by atoms with Crippen LogP contribution in [-0.4, -0.2) is 14.8 Å². The molecule has 0 aromatic carbocycles.